The van der Waals surface area contributed by atoms with E-state index < -0.39 is 0 Å². The highest BCUT2D eigenvalue weighted by molar-refractivity contribution is 5.85. The number of aromatic nitrogens is 2. The molecule has 1 aromatic heterocycles. The number of hydrogen-bond acceptors (Lipinski definition) is 4. The van der Waals surface area contributed by atoms with Crippen molar-refractivity contribution in [1.29, 1.82) is 0 Å². The van der Waals surface area contributed by atoms with Crippen LogP contribution in [-0.2, 0) is 13.6 Å². The Morgan fingerprint density at radius 2 is 2.05 bits per heavy atom. The summed E-state index contributed by atoms with van der Waals surface area (Å²) in [5.74, 6) is 0. The number of nitrogens with zero attached hydrogens (tertiary/aromatic N) is 4. The number of aryl methyl sites for hydroxylation is 1. The van der Waals surface area contributed by atoms with E-state index in [1.807, 2.05) is 17.9 Å². The molecule has 114 valence electrons. The molecule has 2 fully saturated rings. The quantitative estimate of drug-likeness (QED) is 0.888. The lowest BCUT2D eigenvalue weighted by Crippen LogP contribution is -2.50. The molecule has 2 aliphatic rings. The van der Waals surface area contributed by atoms with E-state index in [1.54, 1.807) is 0 Å². The molecule has 0 saturated carbocycles. The van der Waals surface area contributed by atoms with Crippen molar-refractivity contribution in [2.45, 2.75) is 25.9 Å². The predicted molar refractivity (Wildman–Crippen MR) is 83.3 cm³/mol. The van der Waals surface area contributed by atoms with Gasteiger partial charge in [0.2, 0.25) is 0 Å². The lowest BCUT2D eigenvalue weighted by atomic mass is 10.1. The predicted octanol–water partition coefficient (Wildman–Crippen LogP) is 0.630. The van der Waals surface area contributed by atoms with Crippen molar-refractivity contribution >= 4 is 12.4 Å². The van der Waals surface area contributed by atoms with Crippen LogP contribution in [0.1, 0.15) is 17.7 Å². The topological polar surface area (TPSA) is 36.3 Å². The summed E-state index contributed by atoms with van der Waals surface area (Å²) in [4.78, 5) is 5.22. The van der Waals surface area contributed by atoms with Crippen LogP contribution in [0.4, 0.5) is 0 Å². The molecular formula is C14H26ClN5. The van der Waals surface area contributed by atoms with Crippen LogP contribution in [0.3, 0.4) is 0 Å². The molecule has 1 unspecified atom stereocenters. The summed E-state index contributed by atoms with van der Waals surface area (Å²) in [5, 5.41) is 7.80. The minimum atomic E-state index is 0. The fraction of sp³-hybridized carbons (Fsp3) is 0.786. The molecule has 20 heavy (non-hydrogen) atoms. The third kappa shape index (κ3) is 3.34. The van der Waals surface area contributed by atoms with Gasteiger partial charge >= 0.3 is 0 Å². The molecule has 1 N–H and O–H groups in total. The Morgan fingerprint density at radius 1 is 1.30 bits per heavy atom. The Kier molecular flexibility index (Phi) is 5.43. The van der Waals surface area contributed by atoms with Crippen LogP contribution in [0.5, 0.6) is 0 Å². The Hall–Kier alpha value is -0.620. The highest BCUT2D eigenvalue weighted by Gasteiger charge is 2.26. The molecule has 5 nitrogen and oxygen atoms in total. The second kappa shape index (κ2) is 6.89. The third-order valence-corrected chi connectivity index (χ3v) is 4.69. The van der Waals surface area contributed by atoms with E-state index in [1.165, 1.54) is 56.9 Å². The van der Waals surface area contributed by atoms with E-state index in [0.29, 0.717) is 0 Å². The van der Waals surface area contributed by atoms with E-state index in [2.05, 4.69) is 27.1 Å². The third-order valence-electron chi connectivity index (χ3n) is 4.69. The maximum Gasteiger partial charge on any atom is 0.0537 e. The monoisotopic (exact) mass is 299 g/mol. The van der Waals surface area contributed by atoms with Crippen LogP contribution in [-0.4, -0.2) is 64.9 Å². The van der Waals surface area contributed by atoms with Gasteiger partial charge in [-0.1, -0.05) is 0 Å². The zero-order chi connectivity index (χ0) is 13.2. The van der Waals surface area contributed by atoms with Gasteiger partial charge in [0, 0.05) is 63.6 Å². The van der Waals surface area contributed by atoms with Crippen molar-refractivity contribution in [3.8, 4) is 0 Å². The lowest BCUT2D eigenvalue weighted by Gasteiger charge is -2.37. The van der Waals surface area contributed by atoms with Crippen LogP contribution in [0.25, 0.3) is 0 Å². The Labute approximate surface area is 127 Å². The van der Waals surface area contributed by atoms with Gasteiger partial charge in [-0.3, -0.25) is 14.5 Å². The molecule has 3 heterocycles. The standard InChI is InChI=1S/C14H25N5.ClH/c1-12-13(9-16-17(12)2)11-18-5-7-19(8-6-18)14-3-4-15-10-14;/h9,14-15H,3-8,10-11H2,1-2H3;1H. The molecular weight excluding hydrogens is 274 g/mol. The molecule has 0 bridgehead atoms. The summed E-state index contributed by atoms with van der Waals surface area (Å²) >= 11 is 0. The molecule has 3 rings (SSSR count). The SMILES string of the molecule is Cc1c(CN2CCN(C3CCNC3)CC2)cnn1C.Cl. The van der Waals surface area contributed by atoms with E-state index in [4.69, 9.17) is 0 Å². The van der Waals surface area contributed by atoms with E-state index in [0.717, 1.165) is 12.6 Å². The van der Waals surface area contributed by atoms with Crippen LogP contribution < -0.4 is 5.32 Å². The summed E-state index contributed by atoms with van der Waals surface area (Å²) in [7, 11) is 2.02. The van der Waals surface area contributed by atoms with Crippen LogP contribution in [0.2, 0.25) is 0 Å². The second-order valence-electron chi connectivity index (χ2n) is 5.84. The normalized spacial score (nSPS) is 24.8. The first-order valence-corrected chi connectivity index (χ1v) is 7.38. The first-order valence-electron chi connectivity index (χ1n) is 7.38. The van der Waals surface area contributed by atoms with Gasteiger partial charge in [0.1, 0.15) is 0 Å². The van der Waals surface area contributed by atoms with Crippen molar-refractivity contribution in [3.63, 3.8) is 0 Å². The first-order chi connectivity index (χ1) is 9.24. The summed E-state index contributed by atoms with van der Waals surface area (Å²) < 4.78 is 1.97. The molecule has 0 aromatic carbocycles. The molecule has 6 heteroatoms. The zero-order valence-corrected chi connectivity index (χ0v) is 13.3. The smallest absolute Gasteiger partial charge is 0.0537 e. The van der Waals surface area contributed by atoms with Crippen molar-refractivity contribution < 1.29 is 0 Å². The molecule has 0 spiro atoms. The maximum atomic E-state index is 4.33. The Balaban J connectivity index is 0.00000147. The van der Waals surface area contributed by atoms with Gasteiger partial charge in [0.05, 0.1) is 6.20 Å². The minimum absolute atomic E-state index is 0. The summed E-state index contributed by atoms with van der Waals surface area (Å²) in [6.45, 7) is 10.4. The van der Waals surface area contributed by atoms with Crippen LogP contribution in [0.15, 0.2) is 6.20 Å². The number of piperazine rings is 1. The maximum absolute atomic E-state index is 4.33. The van der Waals surface area contributed by atoms with Gasteiger partial charge < -0.3 is 5.32 Å². The average Bonchev–Trinajstić information content (AvgIpc) is 3.06. The van der Waals surface area contributed by atoms with Gasteiger partial charge in [0.25, 0.3) is 0 Å². The fourth-order valence-electron chi connectivity index (χ4n) is 3.18. The average molecular weight is 300 g/mol. The van der Waals surface area contributed by atoms with E-state index in [-0.39, 0.29) is 12.4 Å². The van der Waals surface area contributed by atoms with Gasteiger partial charge in [-0.15, -0.1) is 12.4 Å². The summed E-state index contributed by atoms with van der Waals surface area (Å²) in [5.41, 5.74) is 2.67. The lowest BCUT2D eigenvalue weighted by molar-refractivity contribution is 0.0980. The van der Waals surface area contributed by atoms with E-state index in [9.17, 15) is 0 Å². The number of rotatable bonds is 3. The zero-order valence-electron chi connectivity index (χ0n) is 12.5. The molecule has 0 amide bonds. The number of hydrogen-bond donors (Lipinski definition) is 1. The van der Waals surface area contributed by atoms with Gasteiger partial charge in [0.15, 0.2) is 0 Å². The molecule has 1 atom stereocenters. The number of halogens is 1. The van der Waals surface area contributed by atoms with Crippen LogP contribution >= 0.6 is 12.4 Å². The number of nitrogens with one attached hydrogen (secondary N) is 1. The van der Waals surface area contributed by atoms with Gasteiger partial charge in [-0.05, 0) is 19.9 Å². The second-order valence-corrected chi connectivity index (χ2v) is 5.84. The van der Waals surface area contributed by atoms with Crippen LogP contribution in [0, 0.1) is 6.92 Å². The summed E-state index contributed by atoms with van der Waals surface area (Å²) in [6.07, 6.45) is 3.34. The highest BCUT2D eigenvalue weighted by atomic mass is 35.5. The largest absolute Gasteiger partial charge is 0.315 e. The molecule has 1 aromatic rings. The molecule has 2 saturated heterocycles. The minimum Gasteiger partial charge on any atom is -0.315 e. The van der Waals surface area contributed by atoms with Crippen molar-refractivity contribution in [2.24, 2.45) is 7.05 Å². The van der Waals surface area contributed by atoms with Crippen molar-refractivity contribution in [3.05, 3.63) is 17.5 Å². The fourth-order valence-corrected chi connectivity index (χ4v) is 3.18. The first kappa shape index (κ1) is 15.8. The van der Waals surface area contributed by atoms with Crippen molar-refractivity contribution in [2.75, 3.05) is 39.3 Å². The molecule has 2 aliphatic heterocycles. The van der Waals surface area contributed by atoms with Gasteiger partial charge in [-0.2, -0.15) is 5.10 Å². The highest BCUT2D eigenvalue weighted by Crippen LogP contribution is 2.15. The Morgan fingerprint density at radius 3 is 2.60 bits per heavy atom. The Bertz CT molecular complexity index is 419. The molecule has 0 radical (unpaired) electrons. The molecule has 0 aliphatic carbocycles. The van der Waals surface area contributed by atoms with Crippen molar-refractivity contribution in [1.82, 2.24) is 24.9 Å². The van der Waals surface area contributed by atoms with Gasteiger partial charge in [-0.25, -0.2) is 0 Å². The van der Waals surface area contributed by atoms with E-state index >= 15 is 0 Å². The summed E-state index contributed by atoms with van der Waals surface area (Å²) in [6, 6.07) is 0.780.